The van der Waals surface area contributed by atoms with Crippen LogP contribution in [-0.2, 0) is 26.2 Å². The van der Waals surface area contributed by atoms with E-state index in [1.807, 2.05) is 0 Å². The molecule has 0 bridgehead atoms. The van der Waals surface area contributed by atoms with Gasteiger partial charge < -0.3 is 24.8 Å². The zero-order chi connectivity index (χ0) is 10.1. The Labute approximate surface area is 141 Å². The fourth-order valence-electron chi connectivity index (χ4n) is 2.77. The summed E-state index contributed by atoms with van der Waals surface area (Å²) < 4.78 is 0. The molecule has 0 N–H and O–H groups in total. The van der Waals surface area contributed by atoms with Crippen LogP contribution in [0, 0.1) is 6.08 Å². The van der Waals surface area contributed by atoms with Crippen molar-refractivity contribution in [2.45, 2.75) is 31.6 Å². The monoisotopic (exact) mass is 355 g/mol. The molecule has 0 spiro atoms. The third-order valence-corrected chi connectivity index (χ3v) is 3.53. The first-order valence-corrected chi connectivity index (χ1v) is 5.78. The average Bonchev–Trinajstić information content (AvgIpc) is 2.78. The second-order valence-electron chi connectivity index (χ2n) is 4.44. The minimum absolute atomic E-state index is 0. The van der Waals surface area contributed by atoms with Gasteiger partial charge in [0.05, 0.1) is 0 Å². The molecule has 0 saturated heterocycles. The summed E-state index contributed by atoms with van der Waals surface area (Å²) in [5.41, 5.74) is 4.67. The van der Waals surface area contributed by atoms with Crippen LogP contribution in [0.3, 0.4) is 0 Å². The molecule has 1 unspecified atom stereocenters. The quantitative estimate of drug-likeness (QED) is 0.511. The Morgan fingerprint density at radius 1 is 1.06 bits per heavy atom. The Balaban J connectivity index is 0.000000963. The van der Waals surface area contributed by atoms with E-state index in [2.05, 4.69) is 42.5 Å². The SMILES string of the molecule is [C-]1=CC2=C(C1)CCCC2c1ccccc1.[Cl-].[Cl-].[Zr+3]. The van der Waals surface area contributed by atoms with Crippen LogP contribution in [0.15, 0.2) is 47.6 Å². The normalized spacial score (nSPS) is 20.3. The topological polar surface area (TPSA) is 0 Å². The van der Waals surface area contributed by atoms with Crippen LogP contribution in [0.2, 0.25) is 0 Å². The van der Waals surface area contributed by atoms with Gasteiger partial charge >= 0.3 is 26.2 Å². The summed E-state index contributed by atoms with van der Waals surface area (Å²) in [5, 5.41) is 0. The molecule has 93 valence electrons. The third-order valence-electron chi connectivity index (χ3n) is 3.53. The molecule has 0 nitrogen and oxygen atoms in total. The predicted molar refractivity (Wildman–Crippen MR) is 62.5 cm³/mol. The minimum atomic E-state index is 0. The van der Waals surface area contributed by atoms with Crippen molar-refractivity contribution >= 4 is 0 Å². The van der Waals surface area contributed by atoms with Crippen molar-refractivity contribution in [3.63, 3.8) is 0 Å². The first-order valence-electron chi connectivity index (χ1n) is 5.78. The van der Waals surface area contributed by atoms with Crippen LogP contribution < -0.4 is 24.8 Å². The van der Waals surface area contributed by atoms with E-state index in [0.717, 1.165) is 6.42 Å². The molecule has 0 aromatic heterocycles. The van der Waals surface area contributed by atoms with E-state index >= 15 is 0 Å². The predicted octanol–water partition coefficient (Wildman–Crippen LogP) is -1.98. The number of allylic oxidation sites excluding steroid dienone is 4. The molecule has 2 aliphatic rings. The van der Waals surface area contributed by atoms with Crippen molar-refractivity contribution < 1.29 is 51.0 Å². The van der Waals surface area contributed by atoms with Gasteiger partial charge in [0.2, 0.25) is 0 Å². The van der Waals surface area contributed by atoms with Crippen molar-refractivity contribution in [2.24, 2.45) is 0 Å². The smallest absolute Gasteiger partial charge is 1.00 e. The zero-order valence-electron chi connectivity index (χ0n) is 10.1. The van der Waals surface area contributed by atoms with Crippen molar-refractivity contribution in [3.8, 4) is 0 Å². The van der Waals surface area contributed by atoms with Gasteiger partial charge in [-0.3, -0.25) is 6.08 Å². The van der Waals surface area contributed by atoms with Crippen LogP contribution in [0.25, 0.3) is 0 Å². The van der Waals surface area contributed by atoms with Gasteiger partial charge in [0.1, 0.15) is 0 Å². The zero-order valence-corrected chi connectivity index (χ0v) is 14.1. The van der Waals surface area contributed by atoms with Crippen molar-refractivity contribution in [2.75, 3.05) is 0 Å². The van der Waals surface area contributed by atoms with E-state index in [0.29, 0.717) is 5.92 Å². The summed E-state index contributed by atoms with van der Waals surface area (Å²) in [5.74, 6) is 0.643. The molecular formula is C15H15Cl2Zr. The molecule has 18 heavy (non-hydrogen) atoms. The van der Waals surface area contributed by atoms with Crippen molar-refractivity contribution in [1.82, 2.24) is 0 Å². The van der Waals surface area contributed by atoms with Gasteiger partial charge in [0, 0.05) is 0 Å². The van der Waals surface area contributed by atoms with E-state index in [1.54, 1.807) is 11.1 Å². The Kier molecular flexibility index (Phi) is 8.43. The Hall–Kier alpha value is 0.163. The van der Waals surface area contributed by atoms with E-state index in [4.69, 9.17) is 0 Å². The maximum Gasteiger partial charge on any atom is 3.00 e. The molecule has 3 rings (SSSR count). The van der Waals surface area contributed by atoms with Gasteiger partial charge in [0.15, 0.2) is 0 Å². The molecule has 1 aromatic carbocycles. The largest absolute Gasteiger partial charge is 3.00 e. The Morgan fingerprint density at radius 2 is 1.78 bits per heavy atom. The molecular weight excluding hydrogens is 342 g/mol. The average molecular weight is 357 g/mol. The summed E-state index contributed by atoms with van der Waals surface area (Å²) in [6, 6.07) is 10.9. The third kappa shape index (κ3) is 3.59. The second kappa shape index (κ2) is 8.36. The van der Waals surface area contributed by atoms with Gasteiger partial charge in [-0.05, 0) is 6.42 Å². The molecule has 2 aliphatic carbocycles. The molecule has 0 fully saturated rings. The van der Waals surface area contributed by atoms with Crippen LogP contribution in [0.1, 0.15) is 37.2 Å². The number of rotatable bonds is 1. The van der Waals surface area contributed by atoms with Gasteiger partial charge in [-0.1, -0.05) is 54.7 Å². The molecule has 3 heteroatoms. The molecule has 1 radical (unpaired) electrons. The van der Waals surface area contributed by atoms with Crippen LogP contribution in [0.5, 0.6) is 0 Å². The van der Waals surface area contributed by atoms with Gasteiger partial charge in [0.25, 0.3) is 0 Å². The summed E-state index contributed by atoms with van der Waals surface area (Å²) in [4.78, 5) is 0. The van der Waals surface area contributed by atoms with E-state index in [9.17, 15) is 0 Å². The van der Waals surface area contributed by atoms with Gasteiger partial charge in [-0.25, -0.2) is 6.08 Å². The fraction of sp³-hybridized carbons (Fsp3) is 0.333. The Bertz CT molecular complexity index is 423. The molecule has 0 aliphatic heterocycles. The van der Waals surface area contributed by atoms with Crippen LogP contribution in [0.4, 0.5) is 0 Å². The standard InChI is InChI=1S/C15H15.2ClH.Zr/c1-2-6-12(7-3-1)14-10-4-8-13-9-5-11-15(13)14;;;/h1-3,6-7,11,14H,4,8-10H2;2*1H;/q-1;;;+3/p-2. The van der Waals surface area contributed by atoms with Crippen molar-refractivity contribution in [3.05, 3.63) is 59.2 Å². The first-order chi connectivity index (χ1) is 7.45. The van der Waals surface area contributed by atoms with Crippen LogP contribution in [-0.4, -0.2) is 0 Å². The van der Waals surface area contributed by atoms with Crippen molar-refractivity contribution in [1.29, 1.82) is 0 Å². The van der Waals surface area contributed by atoms with E-state index in [-0.39, 0.29) is 51.0 Å². The number of benzene rings is 1. The maximum absolute atomic E-state index is 3.36. The summed E-state index contributed by atoms with van der Waals surface area (Å²) in [6.45, 7) is 0. The first kappa shape index (κ1) is 18.2. The number of hydrogen-bond donors (Lipinski definition) is 0. The number of halogens is 2. The van der Waals surface area contributed by atoms with E-state index in [1.165, 1.54) is 24.8 Å². The fourth-order valence-corrected chi connectivity index (χ4v) is 2.77. The molecule has 1 atom stereocenters. The molecule has 0 saturated carbocycles. The minimum Gasteiger partial charge on any atom is -1.00 e. The Morgan fingerprint density at radius 3 is 2.50 bits per heavy atom. The maximum atomic E-state index is 3.36. The van der Waals surface area contributed by atoms with Gasteiger partial charge in [-0.15, -0.1) is 6.42 Å². The van der Waals surface area contributed by atoms with Crippen LogP contribution >= 0.6 is 0 Å². The molecule has 0 amide bonds. The molecule has 1 aromatic rings. The summed E-state index contributed by atoms with van der Waals surface area (Å²) in [7, 11) is 0. The number of hydrogen-bond acceptors (Lipinski definition) is 0. The summed E-state index contributed by atoms with van der Waals surface area (Å²) >= 11 is 0. The molecule has 0 heterocycles. The van der Waals surface area contributed by atoms with Gasteiger partial charge in [-0.2, -0.15) is 11.1 Å². The second-order valence-corrected chi connectivity index (χ2v) is 4.44. The van der Waals surface area contributed by atoms with E-state index < -0.39 is 0 Å². The summed E-state index contributed by atoms with van der Waals surface area (Å²) in [6.07, 6.45) is 10.6.